The highest BCUT2D eigenvalue weighted by Gasteiger charge is 2.23. The molecule has 3 rings (SSSR count). The fourth-order valence-electron chi connectivity index (χ4n) is 2.97. The van der Waals surface area contributed by atoms with Gasteiger partial charge in [-0.15, -0.1) is 5.10 Å². The molecule has 1 saturated heterocycles. The summed E-state index contributed by atoms with van der Waals surface area (Å²) in [6.07, 6.45) is 1.64. The Bertz CT molecular complexity index is 839. The van der Waals surface area contributed by atoms with Crippen molar-refractivity contribution in [1.82, 2.24) is 19.5 Å². The van der Waals surface area contributed by atoms with Gasteiger partial charge in [-0.2, -0.15) is 4.98 Å². The number of nitrogens with zero attached hydrogens (tertiary/aromatic N) is 5. The molecule has 2 aromatic rings. The molecule has 146 valence electrons. The third kappa shape index (κ3) is 4.12. The van der Waals surface area contributed by atoms with E-state index in [9.17, 15) is 9.59 Å². The Morgan fingerprint density at radius 2 is 1.96 bits per heavy atom. The van der Waals surface area contributed by atoms with Gasteiger partial charge in [0.05, 0.1) is 18.5 Å². The van der Waals surface area contributed by atoms with Crippen LogP contribution in [0.2, 0.25) is 0 Å². The number of ether oxygens (including phenoxy) is 1. The number of amides is 2. The number of piperazine rings is 1. The van der Waals surface area contributed by atoms with Crippen LogP contribution in [0.25, 0.3) is 5.65 Å². The third-order valence-electron chi connectivity index (χ3n) is 4.53. The van der Waals surface area contributed by atoms with Crippen LogP contribution < -0.4 is 10.2 Å². The fourth-order valence-corrected chi connectivity index (χ4v) is 2.97. The van der Waals surface area contributed by atoms with Crippen LogP contribution >= 0.6 is 0 Å². The molecule has 9 nitrogen and oxygen atoms in total. The molecule has 0 spiro atoms. The van der Waals surface area contributed by atoms with Crippen molar-refractivity contribution in [2.45, 2.75) is 27.7 Å². The quantitative estimate of drug-likeness (QED) is 0.879. The SMILES string of the molecule is CCOC(=O)N1CCN(c2cc(C)c3nc(NC(=O)C(C)C)nn3c2)CC1. The van der Waals surface area contributed by atoms with Crippen molar-refractivity contribution in [3.05, 3.63) is 17.8 Å². The van der Waals surface area contributed by atoms with Gasteiger partial charge in [-0.3, -0.25) is 10.1 Å². The van der Waals surface area contributed by atoms with E-state index in [0.29, 0.717) is 31.3 Å². The number of hydrogen-bond acceptors (Lipinski definition) is 6. The lowest BCUT2D eigenvalue weighted by molar-refractivity contribution is -0.118. The Hall–Kier alpha value is -2.84. The van der Waals surface area contributed by atoms with E-state index in [1.54, 1.807) is 9.42 Å². The van der Waals surface area contributed by atoms with Gasteiger partial charge in [-0.1, -0.05) is 13.8 Å². The minimum absolute atomic E-state index is 0.112. The molecule has 9 heteroatoms. The van der Waals surface area contributed by atoms with Crippen LogP contribution in [0.3, 0.4) is 0 Å². The van der Waals surface area contributed by atoms with Crippen LogP contribution in [-0.4, -0.2) is 64.3 Å². The average molecular weight is 374 g/mol. The Morgan fingerprint density at radius 1 is 1.26 bits per heavy atom. The number of anilines is 2. The molecule has 2 amide bonds. The largest absolute Gasteiger partial charge is 0.450 e. The van der Waals surface area contributed by atoms with Gasteiger partial charge in [0.2, 0.25) is 11.9 Å². The smallest absolute Gasteiger partial charge is 0.409 e. The number of nitrogens with one attached hydrogen (secondary N) is 1. The summed E-state index contributed by atoms with van der Waals surface area (Å²) >= 11 is 0. The number of carbonyl (C=O) groups is 2. The summed E-state index contributed by atoms with van der Waals surface area (Å²) < 4.78 is 6.75. The lowest BCUT2D eigenvalue weighted by Gasteiger charge is -2.35. The van der Waals surface area contributed by atoms with Crippen molar-refractivity contribution in [1.29, 1.82) is 0 Å². The van der Waals surface area contributed by atoms with Gasteiger partial charge in [-0.05, 0) is 25.5 Å². The number of carbonyl (C=O) groups excluding carboxylic acids is 2. The first-order valence-electron chi connectivity index (χ1n) is 9.23. The summed E-state index contributed by atoms with van der Waals surface area (Å²) in [5.74, 6) is 0.0592. The van der Waals surface area contributed by atoms with Crippen molar-refractivity contribution in [3.63, 3.8) is 0 Å². The second-order valence-corrected chi connectivity index (χ2v) is 6.90. The van der Waals surface area contributed by atoms with Gasteiger partial charge in [-0.25, -0.2) is 9.31 Å². The minimum atomic E-state index is -0.259. The molecule has 0 aromatic carbocycles. The van der Waals surface area contributed by atoms with Gasteiger partial charge in [0, 0.05) is 32.1 Å². The molecule has 3 heterocycles. The number of aryl methyl sites for hydroxylation is 1. The molecule has 1 fully saturated rings. The minimum Gasteiger partial charge on any atom is -0.450 e. The molecule has 0 radical (unpaired) electrons. The summed E-state index contributed by atoms with van der Waals surface area (Å²) in [5.41, 5.74) is 2.69. The highest BCUT2D eigenvalue weighted by Crippen LogP contribution is 2.21. The average Bonchev–Trinajstić information content (AvgIpc) is 3.05. The first kappa shape index (κ1) is 18.9. The van der Waals surface area contributed by atoms with E-state index < -0.39 is 0 Å². The molecule has 1 N–H and O–H groups in total. The zero-order chi connectivity index (χ0) is 19.6. The van der Waals surface area contributed by atoms with E-state index >= 15 is 0 Å². The van der Waals surface area contributed by atoms with E-state index in [0.717, 1.165) is 24.3 Å². The molecule has 0 aliphatic carbocycles. The van der Waals surface area contributed by atoms with Crippen molar-refractivity contribution in [3.8, 4) is 0 Å². The Balaban J connectivity index is 1.74. The van der Waals surface area contributed by atoms with Crippen molar-refractivity contribution >= 4 is 29.3 Å². The lowest BCUT2D eigenvalue weighted by atomic mass is 10.2. The Labute approximate surface area is 158 Å². The number of hydrogen-bond donors (Lipinski definition) is 1. The monoisotopic (exact) mass is 374 g/mol. The zero-order valence-electron chi connectivity index (χ0n) is 16.2. The highest BCUT2D eigenvalue weighted by atomic mass is 16.6. The number of fused-ring (bicyclic) bond motifs is 1. The summed E-state index contributed by atoms with van der Waals surface area (Å²) in [4.78, 5) is 32.0. The number of aromatic nitrogens is 3. The number of rotatable bonds is 4. The van der Waals surface area contributed by atoms with Crippen LogP contribution in [0.4, 0.5) is 16.4 Å². The standard InChI is InChI=1S/C18H26N6O3/c1-5-27-18(26)23-8-6-22(7-9-23)14-10-13(4)15-19-17(21-24(15)11-14)20-16(25)12(2)3/h10-12H,5-9H2,1-4H3,(H,20,21,25). The Kier molecular flexibility index (Phi) is 5.48. The van der Waals surface area contributed by atoms with Crippen molar-refractivity contribution in [2.24, 2.45) is 5.92 Å². The summed E-state index contributed by atoms with van der Waals surface area (Å²) in [5, 5.41) is 7.11. The maximum atomic E-state index is 11.9. The van der Waals surface area contributed by atoms with Gasteiger partial charge >= 0.3 is 6.09 Å². The van der Waals surface area contributed by atoms with E-state index in [2.05, 4.69) is 26.4 Å². The van der Waals surface area contributed by atoms with Crippen molar-refractivity contribution < 1.29 is 14.3 Å². The van der Waals surface area contributed by atoms with Crippen LogP contribution in [0, 0.1) is 12.8 Å². The molecule has 0 bridgehead atoms. The Morgan fingerprint density at radius 3 is 2.59 bits per heavy atom. The van der Waals surface area contributed by atoms with Gasteiger partial charge < -0.3 is 14.5 Å². The topological polar surface area (TPSA) is 92.1 Å². The van der Waals surface area contributed by atoms with Crippen LogP contribution in [0.1, 0.15) is 26.3 Å². The second-order valence-electron chi connectivity index (χ2n) is 6.90. The third-order valence-corrected chi connectivity index (χ3v) is 4.53. The lowest BCUT2D eigenvalue weighted by Crippen LogP contribution is -2.49. The number of pyridine rings is 1. The van der Waals surface area contributed by atoms with E-state index in [1.165, 1.54) is 0 Å². The van der Waals surface area contributed by atoms with E-state index in [4.69, 9.17) is 4.74 Å². The zero-order valence-corrected chi connectivity index (χ0v) is 16.2. The summed E-state index contributed by atoms with van der Waals surface area (Å²) in [6, 6.07) is 2.05. The highest BCUT2D eigenvalue weighted by molar-refractivity contribution is 5.90. The summed E-state index contributed by atoms with van der Waals surface area (Å²) in [6.45, 7) is 10.5. The predicted octanol–water partition coefficient (Wildman–Crippen LogP) is 1.91. The van der Waals surface area contributed by atoms with Crippen LogP contribution in [0.15, 0.2) is 12.3 Å². The molecule has 1 aliphatic rings. The first-order valence-corrected chi connectivity index (χ1v) is 9.23. The second kappa shape index (κ2) is 7.81. The van der Waals surface area contributed by atoms with Gasteiger partial charge in [0.1, 0.15) is 0 Å². The summed E-state index contributed by atoms with van der Waals surface area (Å²) in [7, 11) is 0. The molecule has 0 atom stereocenters. The fraction of sp³-hybridized carbons (Fsp3) is 0.556. The maximum absolute atomic E-state index is 11.9. The molecule has 27 heavy (non-hydrogen) atoms. The van der Waals surface area contributed by atoms with E-state index in [-0.39, 0.29) is 17.9 Å². The normalized spacial score (nSPS) is 14.7. The van der Waals surface area contributed by atoms with Gasteiger partial charge in [0.25, 0.3) is 0 Å². The molecule has 1 aliphatic heterocycles. The molecule has 0 unspecified atom stereocenters. The molecule has 2 aromatic heterocycles. The molecule has 0 saturated carbocycles. The van der Waals surface area contributed by atoms with Crippen LogP contribution in [-0.2, 0) is 9.53 Å². The van der Waals surface area contributed by atoms with E-state index in [1.807, 2.05) is 33.9 Å². The maximum Gasteiger partial charge on any atom is 0.409 e. The van der Waals surface area contributed by atoms with Gasteiger partial charge in [0.15, 0.2) is 5.65 Å². The predicted molar refractivity (Wildman–Crippen MR) is 102 cm³/mol. The van der Waals surface area contributed by atoms with Crippen LogP contribution in [0.5, 0.6) is 0 Å². The molecular weight excluding hydrogens is 348 g/mol. The molecular formula is C18H26N6O3. The first-order chi connectivity index (χ1) is 12.9. The van der Waals surface area contributed by atoms with Crippen molar-refractivity contribution in [2.75, 3.05) is 43.0 Å².